The molecule has 0 bridgehead atoms. The third-order valence-corrected chi connectivity index (χ3v) is 3.24. The summed E-state index contributed by atoms with van der Waals surface area (Å²) in [5, 5.41) is 13.6. The Labute approximate surface area is 98.8 Å². The van der Waals surface area contributed by atoms with Gasteiger partial charge in [-0.2, -0.15) is 0 Å². The standard InChI is InChI=1S/C11H14N4S/c1-12-6-2-3-10-14-15-11(16-10)9-4-7-13-8-5-9/h4-5,7-8,12H,2-3,6H2,1H3. The molecule has 0 aliphatic carbocycles. The maximum Gasteiger partial charge on any atom is 0.147 e. The number of hydrogen-bond acceptors (Lipinski definition) is 5. The van der Waals surface area contributed by atoms with E-state index in [4.69, 9.17) is 0 Å². The van der Waals surface area contributed by atoms with E-state index in [0.717, 1.165) is 35.0 Å². The zero-order valence-electron chi connectivity index (χ0n) is 9.18. The van der Waals surface area contributed by atoms with Gasteiger partial charge in [-0.3, -0.25) is 4.98 Å². The first kappa shape index (κ1) is 11.2. The molecule has 5 heteroatoms. The summed E-state index contributed by atoms with van der Waals surface area (Å²) in [6.07, 6.45) is 5.64. The molecule has 0 saturated heterocycles. The minimum Gasteiger partial charge on any atom is -0.320 e. The molecule has 2 aromatic rings. The van der Waals surface area contributed by atoms with Crippen LogP contribution in [-0.4, -0.2) is 28.8 Å². The van der Waals surface area contributed by atoms with E-state index in [1.807, 2.05) is 19.2 Å². The number of pyridine rings is 1. The second kappa shape index (κ2) is 5.67. The molecule has 0 atom stereocenters. The molecule has 4 nitrogen and oxygen atoms in total. The molecule has 0 aromatic carbocycles. The molecule has 0 radical (unpaired) electrons. The molecule has 0 aliphatic heterocycles. The van der Waals surface area contributed by atoms with Crippen molar-refractivity contribution in [2.75, 3.05) is 13.6 Å². The lowest BCUT2D eigenvalue weighted by Crippen LogP contribution is -2.08. The zero-order chi connectivity index (χ0) is 11.2. The van der Waals surface area contributed by atoms with E-state index in [-0.39, 0.29) is 0 Å². The Balaban J connectivity index is 2.02. The van der Waals surface area contributed by atoms with Crippen LogP contribution in [0.3, 0.4) is 0 Å². The summed E-state index contributed by atoms with van der Waals surface area (Å²) in [7, 11) is 1.96. The molecule has 0 unspecified atom stereocenters. The van der Waals surface area contributed by atoms with Gasteiger partial charge in [-0.05, 0) is 32.1 Å². The third-order valence-electron chi connectivity index (χ3n) is 2.21. The van der Waals surface area contributed by atoms with Crippen molar-refractivity contribution in [3.8, 4) is 10.6 Å². The molecular weight excluding hydrogens is 220 g/mol. The third kappa shape index (κ3) is 2.84. The highest BCUT2D eigenvalue weighted by Gasteiger charge is 2.05. The molecule has 2 rings (SSSR count). The molecular formula is C11H14N4S. The normalized spacial score (nSPS) is 10.6. The van der Waals surface area contributed by atoms with E-state index < -0.39 is 0 Å². The molecule has 0 aliphatic rings. The summed E-state index contributed by atoms with van der Waals surface area (Å²) in [6.45, 7) is 1.02. The quantitative estimate of drug-likeness (QED) is 0.801. The SMILES string of the molecule is CNCCCc1nnc(-c2ccncc2)s1. The first-order valence-electron chi connectivity index (χ1n) is 5.27. The lowest BCUT2D eigenvalue weighted by molar-refractivity contribution is 0.718. The fraction of sp³-hybridized carbons (Fsp3) is 0.364. The minimum absolute atomic E-state index is 0.974. The Bertz CT molecular complexity index is 427. The van der Waals surface area contributed by atoms with Gasteiger partial charge >= 0.3 is 0 Å². The van der Waals surface area contributed by atoms with Gasteiger partial charge in [0.15, 0.2) is 0 Å². The van der Waals surface area contributed by atoms with Gasteiger partial charge in [-0.1, -0.05) is 11.3 Å². The van der Waals surface area contributed by atoms with Crippen molar-refractivity contribution in [3.05, 3.63) is 29.5 Å². The summed E-state index contributed by atoms with van der Waals surface area (Å²) in [4.78, 5) is 3.99. The van der Waals surface area contributed by atoms with E-state index in [2.05, 4.69) is 20.5 Å². The number of nitrogens with one attached hydrogen (secondary N) is 1. The second-order valence-corrected chi connectivity index (χ2v) is 4.51. The summed E-state index contributed by atoms with van der Waals surface area (Å²) >= 11 is 1.66. The van der Waals surface area contributed by atoms with E-state index in [9.17, 15) is 0 Å². The van der Waals surface area contributed by atoms with Gasteiger partial charge in [-0.15, -0.1) is 10.2 Å². The number of hydrogen-bond donors (Lipinski definition) is 1. The highest BCUT2D eigenvalue weighted by Crippen LogP contribution is 2.22. The summed E-state index contributed by atoms with van der Waals surface area (Å²) in [6, 6.07) is 3.91. The lowest BCUT2D eigenvalue weighted by atomic mass is 10.3. The predicted molar refractivity (Wildman–Crippen MR) is 65.4 cm³/mol. The van der Waals surface area contributed by atoms with Crippen LogP contribution >= 0.6 is 11.3 Å². The second-order valence-electron chi connectivity index (χ2n) is 3.44. The average Bonchev–Trinajstić information content (AvgIpc) is 2.79. The average molecular weight is 234 g/mol. The van der Waals surface area contributed by atoms with Gasteiger partial charge in [0, 0.05) is 24.4 Å². The van der Waals surface area contributed by atoms with Crippen molar-refractivity contribution in [1.29, 1.82) is 0 Å². The molecule has 0 amide bonds. The minimum atomic E-state index is 0.974. The lowest BCUT2D eigenvalue weighted by Gasteiger charge is -1.94. The summed E-state index contributed by atoms with van der Waals surface area (Å²) in [5.74, 6) is 0. The highest BCUT2D eigenvalue weighted by atomic mass is 32.1. The van der Waals surface area contributed by atoms with Crippen LogP contribution in [0.1, 0.15) is 11.4 Å². The van der Waals surface area contributed by atoms with Gasteiger partial charge in [-0.25, -0.2) is 0 Å². The first-order chi connectivity index (χ1) is 7.90. The van der Waals surface area contributed by atoms with Crippen molar-refractivity contribution in [2.24, 2.45) is 0 Å². The van der Waals surface area contributed by atoms with E-state index in [0.29, 0.717) is 0 Å². The number of aryl methyl sites for hydroxylation is 1. The molecule has 0 spiro atoms. The highest BCUT2D eigenvalue weighted by molar-refractivity contribution is 7.14. The van der Waals surface area contributed by atoms with E-state index >= 15 is 0 Å². The number of nitrogens with zero attached hydrogens (tertiary/aromatic N) is 3. The Hall–Kier alpha value is -1.33. The smallest absolute Gasteiger partial charge is 0.147 e. The fourth-order valence-corrected chi connectivity index (χ4v) is 2.27. The van der Waals surface area contributed by atoms with Gasteiger partial charge in [0.25, 0.3) is 0 Å². The van der Waals surface area contributed by atoms with Crippen LogP contribution in [0.25, 0.3) is 10.6 Å². The van der Waals surface area contributed by atoms with Gasteiger partial charge in [0.2, 0.25) is 0 Å². The van der Waals surface area contributed by atoms with Crippen molar-refractivity contribution in [1.82, 2.24) is 20.5 Å². The Morgan fingerprint density at radius 3 is 2.81 bits per heavy atom. The van der Waals surface area contributed by atoms with E-state index in [1.54, 1.807) is 23.7 Å². The van der Waals surface area contributed by atoms with Gasteiger partial charge < -0.3 is 5.32 Å². The van der Waals surface area contributed by atoms with Crippen LogP contribution in [-0.2, 0) is 6.42 Å². The first-order valence-corrected chi connectivity index (χ1v) is 6.09. The van der Waals surface area contributed by atoms with Crippen molar-refractivity contribution in [3.63, 3.8) is 0 Å². The molecule has 84 valence electrons. The maximum atomic E-state index is 4.19. The maximum absolute atomic E-state index is 4.19. The van der Waals surface area contributed by atoms with Crippen LogP contribution in [0.5, 0.6) is 0 Å². The van der Waals surface area contributed by atoms with E-state index in [1.165, 1.54) is 0 Å². The van der Waals surface area contributed by atoms with Crippen LogP contribution in [0.15, 0.2) is 24.5 Å². The monoisotopic (exact) mass is 234 g/mol. The van der Waals surface area contributed by atoms with Gasteiger partial charge in [0.1, 0.15) is 10.0 Å². The van der Waals surface area contributed by atoms with Crippen LogP contribution in [0.2, 0.25) is 0 Å². The molecule has 2 aromatic heterocycles. The molecule has 1 N–H and O–H groups in total. The van der Waals surface area contributed by atoms with Crippen LogP contribution in [0, 0.1) is 0 Å². The van der Waals surface area contributed by atoms with Crippen molar-refractivity contribution >= 4 is 11.3 Å². The molecule has 0 fully saturated rings. The van der Waals surface area contributed by atoms with Crippen LogP contribution in [0.4, 0.5) is 0 Å². The Kier molecular flexibility index (Phi) is 3.96. The number of aromatic nitrogens is 3. The predicted octanol–water partition coefficient (Wildman–Crippen LogP) is 1.75. The van der Waals surface area contributed by atoms with Crippen LogP contribution < -0.4 is 5.32 Å². The van der Waals surface area contributed by atoms with Gasteiger partial charge in [0.05, 0.1) is 0 Å². The van der Waals surface area contributed by atoms with Crippen molar-refractivity contribution in [2.45, 2.75) is 12.8 Å². The van der Waals surface area contributed by atoms with Crippen molar-refractivity contribution < 1.29 is 0 Å². The summed E-state index contributed by atoms with van der Waals surface area (Å²) in [5.41, 5.74) is 1.09. The topological polar surface area (TPSA) is 50.7 Å². The molecule has 16 heavy (non-hydrogen) atoms. The Morgan fingerprint density at radius 2 is 2.06 bits per heavy atom. The zero-order valence-corrected chi connectivity index (χ0v) is 10.00. The summed E-state index contributed by atoms with van der Waals surface area (Å²) < 4.78 is 0. The number of rotatable bonds is 5. The Morgan fingerprint density at radius 1 is 1.25 bits per heavy atom. The fourth-order valence-electron chi connectivity index (χ4n) is 1.38. The molecule has 0 saturated carbocycles. The molecule has 2 heterocycles. The largest absolute Gasteiger partial charge is 0.320 e.